The Hall–Kier alpha value is -2.25. The van der Waals surface area contributed by atoms with Crippen LogP contribution in [0.1, 0.15) is 68.7 Å². The van der Waals surface area contributed by atoms with Gasteiger partial charge in [0.2, 0.25) is 0 Å². The van der Waals surface area contributed by atoms with Crippen molar-refractivity contribution in [2.75, 3.05) is 26.2 Å². The highest BCUT2D eigenvalue weighted by Gasteiger charge is 2.44. The van der Waals surface area contributed by atoms with E-state index in [0.717, 1.165) is 38.8 Å². The Labute approximate surface area is 292 Å². The number of alkyl halides is 6. The summed E-state index contributed by atoms with van der Waals surface area (Å²) in [5.74, 6) is 1.80. The third-order valence-corrected chi connectivity index (χ3v) is 10.3. The second-order valence-electron chi connectivity index (χ2n) is 14.4. The molecule has 6 atom stereocenters. The highest BCUT2D eigenvalue weighted by atomic mass is 35.5. The molecular weight excluding hydrogens is 697 g/mol. The van der Waals surface area contributed by atoms with E-state index < -0.39 is 29.1 Å². The van der Waals surface area contributed by atoms with E-state index in [1.807, 2.05) is 20.8 Å². The number of hydrogen-bond acceptors (Lipinski definition) is 5. The smallest absolute Gasteiger partial charge is 0.418 e. The van der Waals surface area contributed by atoms with Gasteiger partial charge in [0, 0.05) is 13.1 Å². The number of hydrogen-bond donors (Lipinski definition) is 1. The van der Waals surface area contributed by atoms with E-state index in [2.05, 4.69) is 5.32 Å². The average Bonchev–Trinajstić information content (AvgIpc) is 3.74. The highest BCUT2D eigenvalue weighted by Crippen LogP contribution is 2.42. The molecule has 2 aromatic carbocycles. The van der Waals surface area contributed by atoms with Crippen molar-refractivity contribution >= 4 is 29.3 Å². The number of amides is 1. The molecular formula is C35H42Cl2F6N2O4. The molecule has 272 valence electrons. The molecule has 2 heterocycles. The van der Waals surface area contributed by atoms with Crippen molar-refractivity contribution in [1.82, 2.24) is 10.2 Å². The van der Waals surface area contributed by atoms with Gasteiger partial charge in [0.1, 0.15) is 5.60 Å². The molecule has 0 bridgehead atoms. The fraction of sp³-hybridized carbons (Fsp3) is 0.629. The quantitative estimate of drug-likeness (QED) is 0.300. The minimum absolute atomic E-state index is 0.0348. The molecule has 0 aromatic heterocycles. The lowest BCUT2D eigenvalue weighted by atomic mass is 10.0. The molecule has 0 radical (unpaired) electrons. The normalized spacial score (nSPS) is 26.7. The van der Waals surface area contributed by atoms with E-state index in [1.54, 1.807) is 4.90 Å². The molecule has 2 saturated heterocycles. The first kappa shape index (κ1) is 38.0. The first-order valence-electron chi connectivity index (χ1n) is 16.5. The first-order valence-corrected chi connectivity index (χ1v) is 17.3. The van der Waals surface area contributed by atoms with E-state index in [0.29, 0.717) is 36.8 Å². The number of rotatable bonds is 6. The molecule has 2 saturated carbocycles. The molecule has 6 nitrogen and oxygen atoms in total. The largest absolute Gasteiger partial charge is 0.444 e. The summed E-state index contributed by atoms with van der Waals surface area (Å²) in [6.07, 6.45) is -6.02. The number of nitrogens with one attached hydrogen (secondary N) is 1. The molecule has 1 amide bonds. The monoisotopic (exact) mass is 738 g/mol. The fourth-order valence-electron chi connectivity index (χ4n) is 7.53. The lowest BCUT2D eigenvalue weighted by Crippen LogP contribution is -2.36. The second-order valence-corrected chi connectivity index (χ2v) is 15.3. The van der Waals surface area contributed by atoms with Crippen LogP contribution in [0.2, 0.25) is 10.0 Å². The number of nitrogens with zero attached hydrogens (tertiary/aromatic N) is 1. The zero-order valence-corrected chi connectivity index (χ0v) is 29.1. The summed E-state index contributed by atoms with van der Waals surface area (Å²) in [4.78, 5) is 13.9. The third kappa shape index (κ3) is 9.75. The molecule has 6 rings (SSSR count). The van der Waals surface area contributed by atoms with Crippen molar-refractivity contribution in [2.24, 2.45) is 23.7 Å². The van der Waals surface area contributed by atoms with Crippen molar-refractivity contribution < 1.29 is 45.3 Å². The molecule has 2 aliphatic carbocycles. The summed E-state index contributed by atoms with van der Waals surface area (Å²) in [7, 11) is 0. The van der Waals surface area contributed by atoms with Gasteiger partial charge in [-0.15, -0.1) is 0 Å². The Morgan fingerprint density at radius 2 is 1.14 bits per heavy atom. The third-order valence-electron chi connectivity index (χ3n) is 9.69. The molecule has 0 spiro atoms. The Bertz CT molecular complexity index is 1440. The van der Waals surface area contributed by atoms with Gasteiger partial charge in [-0.2, -0.15) is 26.3 Å². The van der Waals surface area contributed by atoms with Gasteiger partial charge in [-0.3, -0.25) is 0 Å². The predicted molar refractivity (Wildman–Crippen MR) is 173 cm³/mol. The summed E-state index contributed by atoms with van der Waals surface area (Å²) in [5, 5.41) is 2.75. The molecule has 2 aromatic rings. The Kier molecular flexibility index (Phi) is 11.8. The Morgan fingerprint density at radius 3 is 1.53 bits per heavy atom. The van der Waals surface area contributed by atoms with Gasteiger partial charge in [0.05, 0.1) is 46.6 Å². The van der Waals surface area contributed by atoms with Crippen LogP contribution in [0.4, 0.5) is 31.1 Å². The van der Waals surface area contributed by atoms with Gasteiger partial charge < -0.3 is 24.4 Å². The average molecular weight is 740 g/mol. The second kappa shape index (κ2) is 15.2. The Balaban J connectivity index is 0.000000199. The van der Waals surface area contributed by atoms with Gasteiger partial charge in [-0.1, -0.05) is 47.5 Å². The molecule has 4 aliphatic rings. The zero-order valence-electron chi connectivity index (χ0n) is 27.6. The fourth-order valence-corrected chi connectivity index (χ4v) is 8.13. The molecule has 4 fully saturated rings. The minimum Gasteiger partial charge on any atom is -0.444 e. The van der Waals surface area contributed by atoms with Gasteiger partial charge >= 0.3 is 18.4 Å². The van der Waals surface area contributed by atoms with E-state index in [1.165, 1.54) is 36.4 Å². The number of fused-ring (bicyclic) bond motifs is 2. The van der Waals surface area contributed by atoms with Crippen molar-refractivity contribution in [3.05, 3.63) is 68.7 Å². The molecule has 2 unspecified atom stereocenters. The molecule has 14 heteroatoms. The summed E-state index contributed by atoms with van der Waals surface area (Å²) in [6.45, 7) is 8.52. The molecule has 2 aliphatic heterocycles. The van der Waals surface area contributed by atoms with E-state index >= 15 is 0 Å². The maximum absolute atomic E-state index is 13.2. The minimum atomic E-state index is -4.52. The van der Waals surface area contributed by atoms with Crippen LogP contribution in [0.3, 0.4) is 0 Å². The first-order chi connectivity index (χ1) is 22.9. The van der Waals surface area contributed by atoms with Crippen LogP contribution in [-0.2, 0) is 39.8 Å². The summed E-state index contributed by atoms with van der Waals surface area (Å²) >= 11 is 11.5. The van der Waals surface area contributed by atoms with Crippen molar-refractivity contribution in [1.29, 1.82) is 0 Å². The van der Waals surface area contributed by atoms with Gasteiger partial charge in [-0.05, 0) is 106 Å². The number of benzene rings is 2. The predicted octanol–water partition coefficient (Wildman–Crippen LogP) is 9.39. The topological polar surface area (TPSA) is 60.0 Å². The van der Waals surface area contributed by atoms with Crippen LogP contribution in [-0.4, -0.2) is 55.0 Å². The van der Waals surface area contributed by atoms with Crippen LogP contribution < -0.4 is 5.32 Å². The van der Waals surface area contributed by atoms with Crippen LogP contribution in [0.5, 0.6) is 0 Å². The number of ether oxygens (including phenoxy) is 3. The number of halogens is 8. The SMILES string of the molecule is CC(C)(C)OC(=O)N1C[C@H]2CC(OCc3cccc(Cl)c3C(F)(F)F)C[C@H]2C1.FC(F)(F)c1c(Cl)cccc1COC1C[C@H]2CNC[C@H]2C1. The van der Waals surface area contributed by atoms with Crippen LogP contribution >= 0.6 is 23.2 Å². The number of carbonyl (C=O) groups is 1. The molecule has 49 heavy (non-hydrogen) atoms. The van der Waals surface area contributed by atoms with Crippen LogP contribution in [0.25, 0.3) is 0 Å². The van der Waals surface area contributed by atoms with Crippen LogP contribution in [0.15, 0.2) is 36.4 Å². The molecule has 1 N–H and O–H groups in total. The maximum Gasteiger partial charge on any atom is 0.418 e. The maximum atomic E-state index is 13.2. The van der Waals surface area contributed by atoms with Gasteiger partial charge in [0.25, 0.3) is 0 Å². The van der Waals surface area contributed by atoms with Crippen LogP contribution in [0, 0.1) is 23.7 Å². The van der Waals surface area contributed by atoms with Crippen molar-refractivity contribution in [3.8, 4) is 0 Å². The lowest BCUT2D eigenvalue weighted by molar-refractivity contribution is -0.139. The summed E-state index contributed by atoms with van der Waals surface area (Å²) < 4.78 is 95.8. The van der Waals surface area contributed by atoms with E-state index in [4.69, 9.17) is 37.4 Å². The summed E-state index contributed by atoms with van der Waals surface area (Å²) in [6, 6.07) is 8.36. The van der Waals surface area contributed by atoms with Gasteiger partial charge in [0.15, 0.2) is 0 Å². The Morgan fingerprint density at radius 1 is 0.735 bits per heavy atom. The zero-order chi connectivity index (χ0) is 35.7. The highest BCUT2D eigenvalue weighted by molar-refractivity contribution is 6.31. The number of likely N-dealkylation sites (tertiary alicyclic amines) is 1. The standard InChI is InChI=1S/C20H25ClF3NO3.C15H17ClF3NO/c1-19(2,3)28-18(26)25-9-13-7-15(8-14(13)10-25)27-11-12-5-4-6-16(21)17(12)20(22,23)24;16-13-3-1-2-9(14(13)15(17,18)19)8-21-12-4-10-6-20-7-11(10)5-12/h4-6,13-15H,7-11H2,1-3H3;1-3,10-12,20H,4-8H2/t13-,14+,15?;10-,11+,12?. The lowest BCUT2D eigenvalue weighted by Gasteiger charge is -2.25. The van der Waals surface area contributed by atoms with E-state index in [9.17, 15) is 31.1 Å². The van der Waals surface area contributed by atoms with Crippen molar-refractivity contribution in [3.63, 3.8) is 0 Å². The van der Waals surface area contributed by atoms with Crippen molar-refractivity contribution in [2.45, 2.75) is 89.8 Å². The van der Waals surface area contributed by atoms with E-state index in [-0.39, 0.29) is 52.7 Å². The van der Waals surface area contributed by atoms with Gasteiger partial charge in [-0.25, -0.2) is 4.79 Å². The number of carbonyl (C=O) groups excluding carboxylic acids is 1. The summed E-state index contributed by atoms with van der Waals surface area (Å²) in [5.41, 5.74) is -1.97.